The molecule has 0 spiro atoms. The number of rotatable bonds is 27. The van der Waals surface area contributed by atoms with Crippen LogP contribution in [0.5, 0.6) is 0 Å². The summed E-state index contributed by atoms with van der Waals surface area (Å²) in [6, 6.07) is 0. The van der Waals surface area contributed by atoms with Crippen LogP contribution in [0.3, 0.4) is 0 Å². The van der Waals surface area contributed by atoms with Crippen molar-refractivity contribution in [2.45, 2.75) is 122 Å². The summed E-state index contributed by atoms with van der Waals surface area (Å²) in [6.07, 6.45) is 24.2. The van der Waals surface area contributed by atoms with Crippen molar-refractivity contribution in [1.82, 2.24) is 0 Å². The van der Waals surface area contributed by atoms with Gasteiger partial charge in [-0.2, -0.15) is 0 Å². The van der Waals surface area contributed by atoms with Gasteiger partial charge in [0.15, 0.2) is 0 Å². The topological polar surface area (TPSA) is 27.7 Å². The lowest BCUT2D eigenvalue weighted by Gasteiger charge is -2.07. The van der Waals surface area contributed by atoms with E-state index in [9.17, 15) is 0 Å². The summed E-state index contributed by atoms with van der Waals surface area (Å²) in [5.41, 5.74) is 0. The molecule has 0 rings (SSSR count). The van der Waals surface area contributed by atoms with Gasteiger partial charge >= 0.3 is 0 Å². The van der Waals surface area contributed by atoms with Crippen LogP contribution in [0.4, 0.5) is 0 Å². The maximum atomic E-state index is 5.65. The zero-order valence-corrected chi connectivity index (χ0v) is 21.0. The Kier molecular flexibility index (Phi) is 29.3. The summed E-state index contributed by atoms with van der Waals surface area (Å²) in [6.45, 7) is 6.74. The average molecular weight is 449 g/mol. The van der Waals surface area contributed by atoms with Crippen molar-refractivity contribution < 1.29 is 14.2 Å². The third kappa shape index (κ3) is 28.2. The molecule has 0 aliphatic carbocycles. The third-order valence-electron chi connectivity index (χ3n) is 5.56. The fourth-order valence-electron chi connectivity index (χ4n) is 3.59. The molecule has 0 unspecified atom stereocenters. The fraction of sp³-hybridized carbons (Fsp3) is 1.00. The largest absolute Gasteiger partial charge is 0.379 e. The van der Waals surface area contributed by atoms with Gasteiger partial charge in [-0.1, -0.05) is 103 Å². The first-order chi connectivity index (χ1) is 14.9. The van der Waals surface area contributed by atoms with Gasteiger partial charge < -0.3 is 14.2 Å². The van der Waals surface area contributed by atoms with Gasteiger partial charge in [-0.25, -0.2) is 0 Å². The quantitative estimate of drug-likeness (QED) is 0.0933. The second-order valence-electron chi connectivity index (χ2n) is 8.54. The number of hydrogen-bond acceptors (Lipinski definition) is 3. The van der Waals surface area contributed by atoms with Gasteiger partial charge in [0, 0.05) is 19.1 Å². The van der Waals surface area contributed by atoms with Gasteiger partial charge in [-0.05, 0) is 19.3 Å². The Hall–Kier alpha value is 0.170. The molecule has 4 heteroatoms. The average Bonchev–Trinajstić information content (AvgIpc) is 2.76. The van der Waals surface area contributed by atoms with Crippen LogP contribution in [0.15, 0.2) is 0 Å². The zero-order chi connectivity index (χ0) is 21.8. The lowest BCUT2D eigenvalue weighted by molar-refractivity contribution is 0.0132. The van der Waals surface area contributed by atoms with E-state index in [0.29, 0.717) is 26.4 Å². The van der Waals surface area contributed by atoms with Crippen molar-refractivity contribution in [3.63, 3.8) is 0 Å². The summed E-state index contributed by atoms with van der Waals surface area (Å²) in [7, 11) is 0. The van der Waals surface area contributed by atoms with Crippen molar-refractivity contribution in [3.05, 3.63) is 0 Å². The lowest BCUT2D eigenvalue weighted by atomic mass is 10.0. The number of ether oxygens (including phenoxy) is 3. The van der Waals surface area contributed by atoms with Crippen LogP contribution in [0.1, 0.15) is 122 Å². The molecule has 182 valence electrons. The van der Waals surface area contributed by atoms with E-state index in [0.717, 1.165) is 31.9 Å². The first-order valence-electron chi connectivity index (χ1n) is 13.2. The Labute approximate surface area is 194 Å². The standard InChI is InChI=1S/C26H53ClO3/c1-2-3-4-5-6-7-8-9-10-11-12-13-15-18-21-28-23-25-30-26-24-29-22-19-16-14-17-20-27/h2-26H2,1H3. The van der Waals surface area contributed by atoms with E-state index >= 15 is 0 Å². The van der Waals surface area contributed by atoms with Crippen LogP contribution < -0.4 is 0 Å². The molecule has 0 aliphatic rings. The molecule has 3 nitrogen and oxygen atoms in total. The third-order valence-corrected chi connectivity index (χ3v) is 5.83. The van der Waals surface area contributed by atoms with Crippen molar-refractivity contribution in [2.24, 2.45) is 0 Å². The highest BCUT2D eigenvalue weighted by molar-refractivity contribution is 6.17. The highest BCUT2D eigenvalue weighted by Crippen LogP contribution is 2.12. The summed E-state index contributed by atoms with van der Waals surface area (Å²) in [4.78, 5) is 0. The molecule has 0 saturated heterocycles. The molecule has 30 heavy (non-hydrogen) atoms. The van der Waals surface area contributed by atoms with Gasteiger partial charge in [0.05, 0.1) is 26.4 Å². The summed E-state index contributed by atoms with van der Waals surface area (Å²) < 4.78 is 16.7. The molecule has 0 N–H and O–H groups in total. The second kappa shape index (κ2) is 29.2. The van der Waals surface area contributed by atoms with Crippen LogP contribution in [0, 0.1) is 0 Å². The molecule has 0 saturated carbocycles. The van der Waals surface area contributed by atoms with E-state index in [4.69, 9.17) is 25.8 Å². The summed E-state index contributed by atoms with van der Waals surface area (Å²) >= 11 is 5.65. The molecule has 0 atom stereocenters. The Morgan fingerprint density at radius 2 is 0.667 bits per heavy atom. The zero-order valence-electron chi connectivity index (χ0n) is 20.3. The molecule has 0 fully saturated rings. The highest BCUT2D eigenvalue weighted by atomic mass is 35.5. The lowest BCUT2D eigenvalue weighted by Crippen LogP contribution is -2.10. The van der Waals surface area contributed by atoms with Crippen LogP contribution in [-0.2, 0) is 14.2 Å². The maximum Gasteiger partial charge on any atom is 0.0701 e. The summed E-state index contributed by atoms with van der Waals surface area (Å²) in [5, 5.41) is 0. The maximum absolute atomic E-state index is 5.65. The van der Waals surface area contributed by atoms with E-state index in [1.54, 1.807) is 0 Å². The fourth-order valence-corrected chi connectivity index (χ4v) is 3.78. The Bertz CT molecular complexity index is 261. The van der Waals surface area contributed by atoms with Crippen LogP contribution in [0.25, 0.3) is 0 Å². The molecule has 0 bridgehead atoms. The van der Waals surface area contributed by atoms with Crippen molar-refractivity contribution in [3.8, 4) is 0 Å². The molecule has 0 aromatic heterocycles. The molecule has 0 amide bonds. The van der Waals surface area contributed by atoms with Crippen molar-refractivity contribution in [2.75, 3.05) is 45.5 Å². The van der Waals surface area contributed by atoms with Crippen molar-refractivity contribution in [1.29, 1.82) is 0 Å². The molecule has 0 aliphatic heterocycles. The molecule has 0 aromatic rings. The van der Waals surface area contributed by atoms with Crippen molar-refractivity contribution >= 4 is 11.6 Å². The van der Waals surface area contributed by atoms with Gasteiger partial charge in [-0.15, -0.1) is 11.6 Å². The number of hydrogen-bond donors (Lipinski definition) is 0. The van der Waals surface area contributed by atoms with Gasteiger partial charge in [-0.3, -0.25) is 0 Å². The molecular formula is C26H53ClO3. The predicted molar refractivity (Wildman–Crippen MR) is 132 cm³/mol. The smallest absolute Gasteiger partial charge is 0.0701 e. The predicted octanol–water partition coefficient (Wildman–Crippen LogP) is 8.32. The normalized spacial score (nSPS) is 11.4. The highest BCUT2D eigenvalue weighted by Gasteiger charge is 1.96. The first-order valence-corrected chi connectivity index (χ1v) is 13.7. The van der Waals surface area contributed by atoms with E-state index in [-0.39, 0.29) is 0 Å². The first kappa shape index (κ1) is 30.2. The van der Waals surface area contributed by atoms with Gasteiger partial charge in [0.1, 0.15) is 0 Å². The van der Waals surface area contributed by atoms with E-state index in [1.807, 2.05) is 0 Å². The number of alkyl halides is 1. The Morgan fingerprint density at radius 1 is 0.367 bits per heavy atom. The minimum absolute atomic E-state index is 0.671. The minimum atomic E-state index is 0.671. The van der Waals surface area contributed by atoms with Crippen LogP contribution in [0.2, 0.25) is 0 Å². The molecular weight excluding hydrogens is 396 g/mol. The van der Waals surface area contributed by atoms with E-state index < -0.39 is 0 Å². The number of halogens is 1. The van der Waals surface area contributed by atoms with Gasteiger partial charge in [0.25, 0.3) is 0 Å². The summed E-state index contributed by atoms with van der Waals surface area (Å²) in [5.74, 6) is 0.774. The molecule has 0 heterocycles. The van der Waals surface area contributed by atoms with E-state index in [2.05, 4.69) is 6.92 Å². The second-order valence-corrected chi connectivity index (χ2v) is 8.91. The van der Waals surface area contributed by atoms with Crippen LogP contribution in [-0.4, -0.2) is 45.5 Å². The van der Waals surface area contributed by atoms with E-state index in [1.165, 1.54) is 103 Å². The number of unbranched alkanes of at least 4 members (excludes halogenated alkanes) is 16. The minimum Gasteiger partial charge on any atom is -0.379 e. The molecule has 0 aromatic carbocycles. The monoisotopic (exact) mass is 448 g/mol. The Morgan fingerprint density at radius 3 is 1.03 bits per heavy atom. The Balaban J connectivity index is 2.97. The van der Waals surface area contributed by atoms with Gasteiger partial charge in [0.2, 0.25) is 0 Å². The molecule has 0 radical (unpaired) electrons. The van der Waals surface area contributed by atoms with Crippen LogP contribution >= 0.6 is 11.6 Å². The SMILES string of the molecule is CCCCCCCCCCCCCCCCOCCOCCOCCCCCCCl.